The molecule has 1 aliphatic heterocycles. The van der Waals surface area contributed by atoms with Gasteiger partial charge in [0.1, 0.15) is 5.60 Å². The Balaban J connectivity index is 2.18. The summed E-state index contributed by atoms with van der Waals surface area (Å²) in [5.74, 6) is -1.27. The Morgan fingerprint density at radius 2 is 1.90 bits per heavy atom. The van der Waals surface area contributed by atoms with Gasteiger partial charge < -0.3 is 25.0 Å². The van der Waals surface area contributed by atoms with Gasteiger partial charge in [0.15, 0.2) is 6.10 Å². The van der Waals surface area contributed by atoms with E-state index in [1.54, 1.807) is 20.8 Å². The molecule has 1 aliphatic carbocycles. The predicted molar refractivity (Wildman–Crippen MR) is 72.8 cm³/mol. The third-order valence-corrected chi connectivity index (χ3v) is 4.26. The van der Waals surface area contributed by atoms with Gasteiger partial charge in [-0.25, -0.2) is 9.59 Å². The Labute approximate surface area is 123 Å². The lowest BCUT2D eigenvalue weighted by Gasteiger charge is -2.39. The number of ether oxygens (including phenoxy) is 2. The minimum Gasteiger partial charge on any atom is -0.479 e. The molecular weight excluding hydrogens is 278 g/mol. The van der Waals surface area contributed by atoms with Crippen LogP contribution < -0.4 is 5.32 Å². The Morgan fingerprint density at radius 1 is 1.29 bits per heavy atom. The van der Waals surface area contributed by atoms with Crippen LogP contribution in [0.5, 0.6) is 0 Å². The minimum atomic E-state index is -1.52. The van der Waals surface area contributed by atoms with E-state index >= 15 is 0 Å². The summed E-state index contributed by atoms with van der Waals surface area (Å²) in [5, 5.41) is 21.9. The maximum atomic E-state index is 12.1. The summed E-state index contributed by atoms with van der Waals surface area (Å²) in [7, 11) is 0. The molecule has 2 unspecified atom stereocenters. The van der Waals surface area contributed by atoms with E-state index in [1.807, 2.05) is 0 Å². The second-order valence-electron chi connectivity index (χ2n) is 6.91. The predicted octanol–water partition coefficient (Wildman–Crippen LogP) is 0.896. The molecule has 2 atom stereocenters. The van der Waals surface area contributed by atoms with Crippen molar-refractivity contribution in [2.75, 3.05) is 13.2 Å². The summed E-state index contributed by atoms with van der Waals surface area (Å²) in [6.45, 7) is 5.87. The first kappa shape index (κ1) is 16.0. The van der Waals surface area contributed by atoms with Crippen molar-refractivity contribution >= 4 is 12.1 Å². The molecule has 2 aliphatic rings. The van der Waals surface area contributed by atoms with Crippen molar-refractivity contribution in [2.45, 2.75) is 57.3 Å². The fourth-order valence-corrected chi connectivity index (χ4v) is 3.06. The fraction of sp³-hybridized carbons (Fsp3) is 0.857. The molecule has 0 aromatic rings. The number of aliphatic hydroxyl groups excluding tert-OH is 1. The Bertz CT molecular complexity index is 431. The molecule has 2 fully saturated rings. The van der Waals surface area contributed by atoms with Crippen LogP contribution in [0.25, 0.3) is 0 Å². The number of aliphatic hydroxyl groups is 1. The highest BCUT2D eigenvalue weighted by molar-refractivity contribution is 5.75. The molecule has 0 bridgehead atoms. The molecule has 0 radical (unpaired) electrons. The van der Waals surface area contributed by atoms with Gasteiger partial charge in [-0.05, 0) is 40.0 Å². The van der Waals surface area contributed by atoms with Crippen LogP contribution >= 0.6 is 0 Å². The lowest BCUT2D eigenvalue weighted by molar-refractivity contribution is -0.153. The zero-order chi connectivity index (χ0) is 15.9. The number of hydrogen-bond acceptors (Lipinski definition) is 5. The molecular formula is C14H23NO6. The number of aliphatic carboxylic acids is 1. The van der Waals surface area contributed by atoms with Crippen LogP contribution in [0, 0.1) is 5.41 Å². The molecule has 7 nitrogen and oxygen atoms in total. The molecule has 120 valence electrons. The van der Waals surface area contributed by atoms with Crippen molar-refractivity contribution in [1.82, 2.24) is 5.32 Å². The number of alkyl carbamates (subject to hydrolysis) is 1. The van der Waals surface area contributed by atoms with Gasteiger partial charge in [-0.2, -0.15) is 0 Å². The van der Waals surface area contributed by atoms with E-state index in [1.165, 1.54) is 0 Å². The molecule has 21 heavy (non-hydrogen) atoms. The second-order valence-corrected chi connectivity index (χ2v) is 6.91. The number of carboxylic acid groups (broad SMARTS) is 1. The molecule has 7 heteroatoms. The summed E-state index contributed by atoms with van der Waals surface area (Å²) >= 11 is 0. The number of amides is 1. The van der Waals surface area contributed by atoms with E-state index in [2.05, 4.69) is 5.32 Å². The van der Waals surface area contributed by atoms with Gasteiger partial charge in [0.25, 0.3) is 0 Å². The Morgan fingerprint density at radius 3 is 2.29 bits per heavy atom. The molecule has 3 N–H and O–H groups in total. The first-order valence-corrected chi connectivity index (χ1v) is 7.12. The van der Waals surface area contributed by atoms with Crippen LogP contribution in [0.4, 0.5) is 4.79 Å². The van der Waals surface area contributed by atoms with Crippen molar-refractivity contribution in [3.05, 3.63) is 0 Å². The van der Waals surface area contributed by atoms with E-state index in [4.69, 9.17) is 14.6 Å². The quantitative estimate of drug-likeness (QED) is 0.712. The van der Waals surface area contributed by atoms with Crippen LogP contribution in [0.3, 0.4) is 0 Å². The van der Waals surface area contributed by atoms with Gasteiger partial charge in [0.2, 0.25) is 0 Å². The van der Waals surface area contributed by atoms with Crippen LogP contribution in [0.2, 0.25) is 0 Å². The zero-order valence-electron chi connectivity index (χ0n) is 12.6. The van der Waals surface area contributed by atoms with Crippen molar-refractivity contribution in [3.8, 4) is 0 Å². The van der Waals surface area contributed by atoms with Gasteiger partial charge in [0, 0.05) is 12.0 Å². The smallest absolute Gasteiger partial charge is 0.408 e. The van der Waals surface area contributed by atoms with Crippen molar-refractivity contribution in [2.24, 2.45) is 5.41 Å². The maximum Gasteiger partial charge on any atom is 0.408 e. The highest BCUT2D eigenvalue weighted by atomic mass is 16.6. The SMILES string of the molecule is CC(C)(C)OC(=O)NC1(C2(C(O)C(=O)O)CC2)CCOC1. The molecule has 0 spiro atoms. The van der Waals surface area contributed by atoms with Crippen LogP contribution in [-0.4, -0.2) is 52.7 Å². The molecule has 1 amide bonds. The van der Waals surface area contributed by atoms with Crippen molar-refractivity contribution < 1.29 is 29.3 Å². The Kier molecular flexibility index (Phi) is 3.92. The number of nitrogens with one attached hydrogen (secondary N) is 1. The molecule has 2 rings (SSSR count). The molecule has 1 saturated heterocycles. The van der Waals surface area contributed by atoms with Gasteiger partial charge in [-0.15, -0.1) is 0 Å². The molecule has 1 saturated carbocycles. The lowest BCUT2D eigenvalue weighted by Crippen LogP contribution is -2.61. The molecule has 1 heterocycles. The third kappa shape index (κ3) is 2.98. The van der Waals surface area contributed by atoms with E-state index in [0.717, 1.165) is 0 Å². The number of carboxylic acids is 1. The van der Waals surface area contributed by atoms with E-state index in [0.29, 0.717) is 25.9 Å². The number of hydrogen-bond donors (Lipinski definition) is 3. The summed E-state index contributed by atoms with van der Waals surface area (Å²) < 4.78 is 10.6. The average Bonchev–Trinajstić information content (AvgIpc) is 3.02. The fourth-order valence-electron chi connectivity index (χ4n) is 3.06. The largest absolute Gasteiger partial charge is 0.479 e. The van der Waals surface area contributed by atoms with Crippen LogP contribution in [-0.2, 0) is 14.3 Å². The monoisotopic (exact) mass is 301 g/mol. The lowest BCUT2D eigenvalue weighted by atomic mass is 9.76. The normalized spacial score (nSPS) is 28.8. The zero-order valence-corrected chi connectivity index (χ0v) is 12.6. The van der Waals surface area contributed by atoms with Gasteiger partial charge in [0.05, 0.1) is 12.1 Å². The number of carbonyl (C=O) groups is 2. The topological polar surface area (TPSA) is 105 Å². The van der Waals surface area contributed by atoms with E-state index < -0.39 is 34.7 Å². The first-order chi connectivity index (χ1) is 9.62. The highest BCUT2D eigenvalue weighted by Crippen LogP contribution is 2.59. The second kappa shape index (κ2) is 5.14. The molecule has 0 aromatic heterocycles. The summed E-state index contributed by atoms with van der Waals surface area (Å²) in [6, 6.07) is 0. The summed E-state index contributed by atoms with van der Waals surface area (Å²) in [5.41, 5.74) is -2.40. The van der Waals surface area contributed by atoms with Gasteiger partial charge in [-0.1, -0.05) is 0 Å². The maximum absolute atomic E-state index is 12.1. The summed E-state index contributed by atoms with van der Waals surface area (Å²) in [4.78, 5) is 23.2. The van der Waals surface area contributed by atoms with Crippen LogP contribution in [0.1, 0.15) is 40.0 Å². The number of rotatable bonds is 4. The minimum absolute atomic E-state index is 0.191. The van der Waals surface area contributed by atoms with Gasteiger partial charge >= 0.3 is 12.1 Å². The average molecular weight is 301 g/mol. The summed E-state index contributed by atoms with van der Waals surface area (Å²) in [6.07, 6.45) is -0.582. The number of carbonyl (C=O) groups excluding carboxylic acids is 1. The van der Waals surface area contributed by atoms with Crippen LogP contribution in [0.15, 0.2) is 0 Å². The highest BCUT2D eigenvalue weighted by Gasteiger charge is 2.67. The van der Waals surface area contributed by atoms with Crippen molar-refractivity contribution in [3.63, 3.8) is 0 Å². The van der Waals surface area contributed by atoms with Crippen molar-refractivity contribution in [1.29, 1.82) is 0 Å². The Hall–Kier alpha value is -1.34. The van der Waals surface area contributed by atoms with E-state index in [-0.39, 0.29) is 6.61 Å². The standard InChI is InChI=1S/C14H23NO6/c1-12(2,3)21-11(19)15-14(6-7-20-8-14)13(4-5-13)9(16)10(17)18/h9,16H,4-8H2,1-3H3,(H,15,19)(H,17,18). The third-order valence-electron chi connectivity index (χ3n) is 4.26. The first-order valence-electron chi connectivity index (χ1n) is 7.12. The van der Waals surface area contributed by atoms with Gasteiger partial charge in [-0.3, -0.25) is 0 Å². The van der Waals surface area contributed by atoms with E-state index in [9.17, 15) is 14.7 Å². The molecule has 0 aromatic carbocycles.